The van der Waals surface area contributed by atoms with Crippen molar-refractivity contribution in [3.05, 3.63) is 122 Å². The normalized spacial score (nSPS) is 26.3. The molecule has 14 nitrogen and oxygen atoms in total. The summed E-state index contributed by atoms with van der Waals surface area (Å²) >= 11 is 0. The number of ether oxygens (including phenoxy) is 6. The van der Waals surface area contributed by atoms with E-state index in [0.717, 1.165) is 96.3 Å². The van der Waals surface area contributed by atoms with Crippen molar-refractivity contribution in [2.45, 2.75) is 197 Å². The average Bonchev–Trinajstić information content (AvgIpc) is 3.37. The van der Waals surface area contributed by atoms with Crippen molar-refractivity contribution >= 4 is 5.97 Å². The van der Waals surface area contributed by atoms with E-state index in [9.17, 15) is 40.5 Å². The van der Waals surface area contributed by atoms with Gasteiger partial charge in [-0.15, -0.1) is 0 Å². The molecule has 7 N–H and O–H groups in total. The van der Waals surface area contributed by atoms with Crippen LogP contribution >= 0.6 is 0 Å². The summed E-state index contributed by atoms with van der Waals surface area (Å²) in [5.41, 5.74) is 0. The van der Waals surface area contributed by atoms with E-state index >= 15 is 0 Å². The minimum absolute atomic E-state index is 0.0100. The summed E-state index contributed by atoms with van der Waals surface area (Å²) in [6.45, 7) is 3.16. The maximum absolute atomic E-state index is 13.0. The van der Waals surface area contributed by atoms with Crippen molar-refractivity contribution in [1.82, 2.24) is 0 Å². The minimum Gasteiger partial charge on any atom is -0.457 e. The Balaban J connectivity index is 1.81. The Labute approximate surface area is 425 Å². The number of hydrogen-bond donors (Lipinski definition) is 7. The molecule has 2 saturated heterocycles. The van der Waals surface area contributed by atoms with Crippen LogP contribution in [-0.4, -0.2) is 142 Å². The molecule has 2 aliphatic heterocycles. The summed E-state index contributed by atoms with van der Waals surface area (Å²) in [5.74, 6) is -0.426. The van der Waals surface area contributed by atoms with Gasteiger partial charge in [0.2, 0.25) is 0 Å². The number of carbonyl (C=O) groups is 1. The Morgan fingerprint density at radius 3 is 1.37 bits per heavy atom. The van der Waals surface area contributed by atoms with Gasteiger partial charge in [0.1, 0.15) is 54.9 Å². The van der Waals surface area contributed by atoms with E-state index in [2.05, 4.69) is 129 Å². The molecule has 0 amide bonds. The van der Waals surface area contributed by atoms with Crippen LogP contribution in [0.2, 0.25) is 0 Å². The van der Waals surface area contributed by atoms with E-state index in [1.807, 2.05) is 6.08 Å². The number of carbonyl (C=O) groups excluding carboxylic acids is 1. The van der Waals surface area contributed by atoms with Gasteiger partial charge in [0, 0.05) is 6.42 Å². The lowest BCUT2D eigenvalue weighted by Gasteiger charge is -2.42. The van der Waals surface area contributed by atoms with Crippen LogP contribution < -0.4 is 0 Å². The summed E-state index contributed by atoms with van der Waals surface area (Å²) < 4.78 is 34.1. The summed E-state index contributed by atoms with van der Waals surface area (Å²) in [6, 6.07) is 0. The molecule has 0 saturated carbocycles. The summed E-state index contributed by atoms with van der Waals surface area (Å²) in [4.78, 5) is 13.0. The third kappa shape index (κ3) is 30.3. The van der Waals surface area contributed by atoms with E-state index < -0.39 is 86.7 Å². The molecule has 11 atom stereocenters. The van der Waals surface area contributed by atoms with Gasteiger partial charge in [-0.3, -0.25) is 4.79 Å². The van der Waals surface area contributed by atoms with Gasteiger partial charge in [0.25, 0.3) is 0 Å². The van der Waals surface area contributed by atoms with Gasteiger partial charge in [-0.1, -0.05) is 155 Å². The van der Waals surface area contributed by atoms with E-state index in [1.54, 1.807) is 0 Å². The van der Waals surface area contributed by atoms with Crippen LogP contribution in [0.25, 0.3) is 0 Å². The molecule has 2 rings (SSSR count). The van der Waals surface area contributed by atoms with Gasteiger partial charge in [0.15, 0.2) is 12.6 Å². The molecule has 0 spiro atoms. The maximum atomic E-state index is 13.0. The number of hydrogen-bond acceptors (Lipinski definition) is 14. The molecule has 402 valence electrons. The maximum Gasteiger partial charge on any atom is 0.306 e. The van der Waals surface area contributed by atoms with Crippen molar-refractivity contribution in [2.75, 3.05) is 33.0 Å². The summed E-state index contributed by atoms with van der Waals surface area (Å²) in [6.07, 6.45) is 42.8. The van der Waals surface area contributed by atoms with Gasteiger partial charge in [-0.25, -0.2) is 0 Å². The zero-order valence-corrected chi connectivity index (χ0v) is 42.6. The fraction of sp³-hybridized carbons (Fsp3) is 0.632. The fourth-order valence-corrected chi connectivity index (χ4v) is 7.32. The topological polar surface area (TPSA) is 214 Å². The molecule has 0 aromatic heterocycles. The first kappa shape index (κ1) is 63.5. The zero-order chi connectivity index (χ0) is 51.6. The van der Waals surface area contributed by atoms with Gasteiger partial charge in [-0.2, -0.15) is 0 Å². The predicted molar refractivity (Wildman–Crippen MR) is 279 cm³/mol. The van der Waals surface area contributed by atoms with Crippen LogP contribution in [0.5, 0.6) is 0 Å². The Morgan fingerprint density at radius 1 is 0.465 bits per heavy atom. The third-order valence-electron chi connectivity index (χ3n) is 11.5. The standard InChI is InChI=1S/C57H90O14/c1-3-5-7-9-11-13-15-17-19-21-22-23-24-25-26-28-30-32-34-36-38-40-49(59)69-46(43-66-41-39-37-35-33-31-29-27-20-18-16-14-12-10-8-6-4-2)44-67-56-55(65)53(63)51(61)48(71-56)45-68-57-54(64)52(62)50(60)47(42-58)70-57/h5-8,11-14,17-20,22-23,25-26,29,31,35,37,46-48,50-58,60-65H,3-4,9-10,15-16,21,24,27-28,30,32-34,36,38-45H2,1-2H3/b7-5-,8-6-,13-11-,14-12-,19-17-,20-18-,23-22-,26-25-,31-29-,37-35-. The molecule has 0 radical (unpaired) electrons. The van der Waals surface area contributed by atoms with E-state index in [4.69, 9.17) is 28.4 Å². The fourth-order valence-electron chi connectivity index (χ4n) is 7.32. The number of aliphatic hydroxyl groups is 7. The van der Waals surface area contributed by atoms with Crippen molar-refractivity contribution in [1.29, 1.82) is 0 Å². The smallest absolute Gasteiger partial charge is 0.306 e. The Hall–Kier alpha value is -3.61. The third-order valence-corrected chi connectivity index (χ3v) is 11.5. The number of rotatable bonds is 39. The van der Waals surface area contributed by atoms with Crippen molar-refractivity contribution in [2.24, 2.45) is 0 Å². The van der Waals surface area contributed by atoms with Crippen molar-refractivity contribution < 1.29 is 69.0 Å². The largest absolute Gasteiger partial charge is 0.457 e. The highest BCUT2D eigenvalue weighted by Gasteiger charge is 2.47. The van der Waals surface area contributed by atoms with Crippen LogP contribution in [0.4, 0.5) is 0 Å². The van der Waals surface area contributed by atoms with Crippen LogP contribution in [0.3, 0.4) is 0 Å². The molecule has 2 fully saturated rings. The molecule has 11 unspecified atom stereocenters. The summed E-state index contributed by atoms with van der Waals surface area (Å²) in [5, 5.41) is 72.2. The van der Waals surface area contributed by atoms with Gasteiger partial charge in [0.05, 0.1) is 33.0 Å². The first-order chi connectivity index (χ1) is 34.6. The Morgan fingerprint density at radius 2 is 0.873 bits per heavy atom. The molecule has 2 heterocycles. The summed E-state index contributed by atoms with van der Waals surface area (Å²) in [7, 11) is 0. The number of esters is 1. The monoisotopic (exact) mass is 999 g/mol. The first-order valence-electron chi connectivity index (χ1n) is 26.1. The first-order valence-corrected chi connectivity index (χ1v) is 26.1. The zero-order valence-electron chi connectivity index (χ0n) is 42.6. The highest BCUT2D eigenvalue weighted by molar-refractivity contribution is 5.69. The minimum atomic E-state index is -1.73. The Bertz CT molecular complexity index is 1630. The van der Waals surface area contributed by atoms with Gasteiger partial charge >= 0.3 is 5.97 Å². The van der Waals surface area contributed by atoms with Gasteiger partial charge < -0.3 is 64.2 Å². The van der Waals surface area contributed by atoms with Crippen LogP contribution in [0.15, 0.2) is 122 Å². The second-order valence-corrected chi connectivity index (χ2v) is 17.6. The number of allylic oxidation sites excluding steroid dienone is 19. The lowest BCUT2D eigenvalue weighted by molar-refractivity contribution is -0.332. The highest BCUT2D eigenvalue weighted by Crippen LogP contribution is 2.26. The molecule has 0 aliphatic carbocycles. The van der Waals surface area contributed by atoms with Crippen molar-refractivity contribution in [3.8, 4) is 0 Å². The van der Waals surface area contributed by atoms with E-state index in [-0.39, 0.29) is 19.6 Å². The quantitative estimate of drug-likeness (QED) is 0.0176. The molecule has 0 bridgehead atoms. The van der Waals surface area contributed by atoms with Crippen LogP contribution in [0, 0.1) is 0 Å². The predicted octanol–water partition coefficient (Wildman–Crippen LogP) is 8.18. The number of aliphatic hydroxyl groups excluding tert-OH is 7. The van der Waals surface area contributed by atoms with Crippen molar-refractivity contribution in [3.63, 3.8) is 0 Å². The second kappa shape index (κ2) is 42.9. The van der Waals surface area contributed by atoms with E-state index in [1.165, 1.54) is 0 Å². The molecule has 2 aliphatic rings. The lowest BCUT2D eigenvalue weighted by Crippen LogP contribution is -2.61. The average molecular weight is 999 g/mol. The Kier molecular flexibility index (Phi) is 38.3. The van der Waals surface area contributed by atoms with Crippen LogP contribution in [0.1, 0.15) is 129 Å². The molecule has 71 heavy (non-hydrogen) atoms. The second-order valence-electron chi connectivity index (χ2n) is 17.6. The molecule has 0 aromatic carbocycles. The molecule has 0 aromatic rings. The van der Waals surface area contributed by atoms with Crippen LogP contribution in [-0.2, 0) is 33.2 Å². The molecular formula is C57H90O14. The van der Waals surface area contributed by atoms with E-state index in [0.29, 0.717) is 19.4 Å². The molecular weight excluding hydrogens is 909 g/mol. The van der Waals surface area contributed by atoms with Gasteiger partial charge in [-0.05, 0) is 89.9 Å². The molecule has 14 heteroatoms. The lowest BCUT2D eigenvalue weighted by atomic mass is 9.98. The highest BCUT2D eigenvalue weighted by atomic mass is 16.7. The number of unbranched alkanes of at least 4 members (excludes halogenated alkanes) is 5. The SMILES string of the molecule is CC/C=C\C/C=C\C/C=C\C/C=C\C/C=C\CCCCCCCC(=O)OC(COCC/C=C\C/C=C\C/C=C\C/C=C\C/C=C\CC)COC1OC(COC2OC(CO)C(O)C(O)C2O)C(O)C(O)C1O.